The SMILES string of the molecule is OCC(CO)NC1C2CCC1Cc1ccccc1C2. The lowest BCUT2D eigenvalue weighted by molar-refractivity contribution is 0.148. The minimum atomic E-state index is -0.172. The molecule has 3 N–H and O–H groups in total. The summed E-state index contributed by atoms with van der Waals surface area (Å²) in [5.74, 6) is 1.29. The van der Waals surface area contributed by atoms with Crippen LogP contribution in [0, 0.1) is 11.8 Å². The van der Waals surface area contributed by atoms with Crippen molar-refractivity contribution in [1.82, 2.24) is 5.32 Å². The molecule has 2 aliphatic rings. The van der Waals surface area contributed by atoms with E-state index >= 15 is 0 Å². The quantitative estimate of drug-likeness (QED) is 0.761. The predicted molar refractivity (Wildman–Crippen MR) is 74.9 cm³/mol. The first-order valence-corrected chi connectivity index (χ1v) is 7.36. The lowest BCUT2D eigenvalue weighted by Crippen LogP contribution is -2.47. The first-order valence-electron chi connectivity index (χ1n) is 7.36. The van der Waals surface area contributed by atoms with Crippen LogP contribution in [0.15, 0.2) is 24.3 Å². The van der Waals surface area contributed by atoms with Crippen molar-refractivity contribution in [3.05, 3.63) is 35.4 Å². The van der Waals surface area contributed by atoms with Crippen molar-refractivity contribution in [2.24, 2.45) is 11.8 Å². The summed E-state index contributed by atoms with van der Waals surface area (Å²) >= 11 is 0. The maximum absolute atomic E-state index is 9.27. The van der Waals surface area contributed by atoms with Crippen LogP contribution in [0.3, 0.4) is 0 Å². The van der Waals surface area contributed by atoms with Crippen molar-refractivity contribution in [1.29, 1.82) is 0 Å². The number of aliphatic hydroxyl groups is 2. The van der Waals surface area contributed by atoms with Gasteiger partial charge in [0.1, 0.15) is 0 Å². The molecule has 19 heavy (non-hydrogen) atoms. The molecule has 0 aromatic heterocycles. The zero-order valence-corrected chi connectivity index (χ0v) is 11.3. The van der Waals surface area contributed by atoms with E-state index in [9.17, 15) is 10.2 Å². The second kappa shape index (κ2) is 5.61. The molecule has 1 saturated carbocycles. The van der Waals surface area contributed by atoms with E-state index in [2.05, 4.69) is 29.6 Å². The summed E-state index contributed by atoms with van der Waals surface area (Å²) in [4.78, 5) is 0. The number of aliphatic hydroxyl groups excluding tert-OH is 2. The van der Waals surface area contributed by atoms with Gasteiger partial charge >= 0.3 is 0 Å². The molecule has 1 fully saturated rings. The van der Waals surface area contributed by atoms with Crippen molar-refractivity contribution in [2.75, 3.05) is 13.2 Å². The molecule has 2 atom stereocenters. The molecular weight excluding hydrogens is 238 g/mol. The van der Waals surface area contributed by atoms with Gasteiger partial charge in [0, 0.05) is 6.04 Å². The molecule has 0 heterocycles. The average Bonchev–Trinajstić information content (AvgIpc) is 2.70. The molecule has 0 radical (unpaired) electrons. The lowest BCUT2D eigenvalue weighted by Gasteiger charge is -2.27. The molecule has 2 unspecified atom stereocenters. The average molecular weight is 261 g/mol. The van der Waals surface area contributed by atoms with E-state index in [1.54, 1.807) is 0 Å². The van der Waals surface area contributed by atoms with Crippen molar-refractivity contribution < 1.29 is 10.2 Å². The van der Waals surface area contributed by atoms with Gasteiger partial charge in [0.05, 0.1) is 19.3 Å². The normalized spacial score (nSPS) is 29.3. The number of rotatable bonds is 4. The van der Waals surface area contributed by atoms with Crippen molar-refractivity contribution in [2.45, 2.75) is 37.8 Å². The number of fused-ring (bicyclic) bond motifs is 3. The first-order chi connectivity index (χ1) is 9.31. The molecule has 2 bridgehead atoms. The van der Waals surface area contributed by atoms with Crippen LogP contribution < -0.4 is 5.32 Å². The van der Waals surface area contributed by atoms with Crippen molar-refractivity contribution >= 4 is 0 Å². The summed E-state index contributed by atoms with van der Waals surface area (Å²) in [7, 11) is 0. The van der Waals surface area contributed by atoms with E-state index < -0.39 is 0 Å². The van der Waals surface area contributed by atoms with E-state index in [1.807, 2.05) is 0 Å². The van der Waals surface area contributed by atoms with Gasteiger partial charge < -0.3 is 15.5 Å². The molecule has 1 aromatic carbocycles. The molecule has 0 spiro atoms. The summed E-state index contributed by atoms with van der Waals surface area (Å²) in [6.45, 7) is 0.0266. The standard InChI is InChI=1S/C16H23NO2/c18-9-15(10-19)17-16-13-5-6-14(16)8-12-4-2-1-3-11(12)7-13/h1-4,13-19H,5-10H2. The second-order valence-corrected chi connectivity index (χ2v) is 6.03. The molecule has 3 rings (SSSR count). The van der Waals surface area contributed by atoms with Gasteiger partial charge in [-0.05, 0) is 48.6 Å². The monoisotopic (exact) mass is 261 g/mol. The van der Waals surface area contributed by atoms with Gasteiger partial charge in [0.25, 0.3) is 0 Å². The Morgan fingerprint density at radius 2 is 1.53 bits per heavy atom. The van der Waals surface area contributed by atoms with Crippen LogP contribution in [0.1, 0.15) is 24.0 Å². The molecule has 104 valence electrons. The fraction of sp³-hybridized carbons (Fsp3) is 0.625. The highest BCUT2D eigenvalue weighted by molar-refractivity contribution is 5.30. The maximum atomic E-state index is 9.27. The fourth-order valence-electron chi connectivity index (χ4n) is 3.86. The minimum Gasteiger partial charge on any atom is -0.395 e. The molecule has 3 heteroatoms. The van der Waals surface area contributed by atoms with Crippen LogP contribution in [-0.2, 0) is 12.8 Å². The van der Waals surface area contributed by atoms with E-state index in [0.29, 0.717) is 17.9 Å². The van der Waals surface area contributed by atoms with Crippen molar-refractivity contribution in [3.63, 3.8) is 0 Å². The van der Waals surface area contributed by atoms with Crippen LogP contribution >= 0.6 is 0 Å². The molecule has 2 aliphatic carbocycles. The highest BCUT2D eigenvalue weighted by atomic mass is 16.3. The molecule has 1 aromatic rings. The van der Waals surface area contributed by atoms with Crippen LogP contribution in [0.25, 0.3) is 0 Å². The third kappa shape index (κ3) is 2.55. The third-order valence-corrected chi connectivity index (χ3v) is 4.88. The van der Waals surface area contributed by atoms with Gasteiger partial charge in [0.15, 0.2) is 0 Å². The Morgan fingerprint density at radius 1 is 1.00 bits per heavy atom. The molecule has 3 nitrogen and oxygen atoms in total. The minimum absolute atomic E-state index is 0.0133. The summed E-state index contributed by atoms with van der Waals surface area (Å²) in [6, 6.07) is 9.03. The van der Waals surface area contributed by atoms with Crippen LogP contribution in [-0.4, -0.2) is 35.5 Å². The van der Waals surface area contributed by atoms with Gasteiger partial charge in [-0.2, -0.15) is 0 Å². The topological polar surface area (TPSA) is 52.5 Å². The highest BCUT2D eigenvalue weighted by Gasteiger charge is 2.39. The van der Waals surface area contributed by atoms with E-state index in [4.69, 9.17) is 0 Å². The summed E-state index contributed by atoms with van der Waals surface area (Å²) in [5.41, 5.74) is 2.98. The van der Waals surface area contributed by atoms with Gasteiger partial charge in [-0.15, -0.1) is 0 Å². The fourth-order valence-corrected chi connectivity index (χ4v) is 3.86. The Bertz CT molecular complexity index is 398. The van der Waals surface area contributed by atoms with E-state index in [-0.39, 0.29) is 19.3 Å². The van der Waals surface area contributed by atoms with Crippen LogP contribution in [0.4, 0.5) is 0 Å². The van der Waals surface area contributed by atoms with E-state index in [1.165, 1.54) is 24.0 Å². The summed E-state index contributed by atoms with van der Waals surface area (Å²) in [5, 5.41) is 22.0. The van der Waals surface area contributed by atoms with Gasteiger partial charge in [-0.3, -0.25) is 0 Å². The number of benzene rings is 1. The first kappa shape index (κ1) is 13.1. The summed E-state index contributed by atoms with van der Waals surface area (Å²) < 4.78 is 0. The van der Waals surface area contributed by atoms with Crippen LogP contribution in [0.5, 0.6) is 0 Å². The predicted octanol–water partition coefficient (Wildman–Crippen LogP) is 1.12. The number of nitrogens with one attached hydrogen (secondary N) is 1. The van der Waals surface area contributed by atoms with Crippen LogP contribution in [0.2, 0.25) is 0 Å². The van der Waals surface area contributed by atoms with E-state index in [0.717, 1.165) is 12.8 Å². The third-order valence-electron chi connectivity index (χ3n) is 4.88. The lowest BCUT2D eigenvalue weighted by atomic mass is 9.94. The zero-order valence-electron chi connectivity index (χ0n) is 11.3. The summed E-state index contributed by atoms with van der Waals surface area (Å²) in [6.07, 6.45) is 4.79. The van der Waals surface area contributed by atoms with Gasteiger partial charge in [-0.25, -0.2) is 0 Å². The Balaban J connectivity index is 1.79. The Labute approximate surface area is 114 Å². The highest BCUT2D eigenvalue weighted by Crippen LogP contribution is 2.40. The Kier molecular flexibility index (Phi) is 3.87. The Hall–Kier alpha value is -0.900. The van der Waals surface area contributed by atoms with Gasteiger partial charge in [-0.1, -0.05) is 24.3 Å². The molecule has 0 amide bonds. The second-order valence-electron chi connectivity index (χ2n) is 6.03. The largest absolute Gasteiger partial charge is 0.395 e. The number of hydrogen-bond donors (Lipinski definition) is 3. The molecule has 0 saturated heterocycles. The maximum Gasteiger partial charge on any atom is 0.0607 e. The molecular formula is C16H23NO2. The smallest absolute Gasteiger partial charge is 0.0607 e. The van der Waals surface area contributed by atoms with Crippen molar-refractivity contribution in [3.8, 4) is 0 Å². The number of hydrogen-bond acceptors (Lipinski definition) is 3. The Morgan fingerprint density at radius 3 is 2.00 bits per heavy atom. The van der Waals surface area contributed by atoms with Gasteiger partial charge in [0.2, 0.25) is 0 Å². The molecule has 0 aliphatic heterocycles. The zero-order chi connectivity index (χ0) is 13.2.